The highest BCUT2D eigenvalue weighted by molar-refractivity contribution is 7.71. The van der Waals surface area contributed by atoms with Crippen molar-refractivity contribution >= 4 is 12.2 Å². The molecule has 2 aromatic rings. The predicted octanol–water partition coefficient (Wildman–Crippen LogP) is 1.58. The number of para-hydroxylation sites is 1. The number of benzene rings is 1. The molecule has 7 heteroatoms. The Kier molecular flexibility index (Phi) is 3.70. The second-order valence-corrected chi connectivity index (χ2v) is 4.82. The molecule has 0 amide bonds. The Morgan fingerprint density at radius 3 is 2.80 bits per heavy atom. The number of nitrogens with one attached hydrogen (secondary N) is 1. The normalized spacial score (nSPS) is 15.3. The third kappa shape index (κ3) is 2.30. The summed E-state index contributed by atoms with van der Waals surface area (Å²) < 4.78 is 13.3. The first-order valence-electron chi connectivity index (χ1n) is 6.45. The molecule has 0 radical (unpaired) electrons. The first-order chi connectivity index (χ1) is 9.81. The lowest BCUT2D eigenvalue weighted by Gasteiger charge is -2.30. The van der Waals surface area contributed by atoms with Gasteiger partial charge in [0.2, 0.25) is 4.77 Å². The van der Waals surface area contributed by atoms with E-state index in [4.69, 9.17) is 21.7 Å². The Morgan fingerprint density at radius 2 is 2.05 bits per heavy atom. The third-order valence-electron chi connectivity index (χ3n) is 3.27. The Bertz CT molecular complexity index is 646. The lowest BCUT2D eigenvalue weighted by molar-refractivity contribution is 0.111. The maximum atomic E-state index is 5.41. The molecule has 2 heterocycles. The Balaban J connectivity index is 2.08. The Labute approximate surface area is 121 Å². The van der Waals surface area contributed by atoms with Gasteiger partial charge in [-0.1, -0.05) is 12.1 Å². The molecule has 1 N–H and O–H groups in total. The van der Waals surface area contributed by atoms with Crippen LogP contribution in [0, 0.1) is 4.77 Å². The standard InChI is InChI=1S/C13H16N4O2S/c1-18-11-5-3-2-4-10(11)12-14-15-13(20)17(12)16-6-8-19-9-7-16/h2-5H,6-9H2,1H3,(H,15,20). The molecule has 6 nitrogen and oxygen atoms in total. The van der Waals surface area contributed by atoms with Gasteiger partial charge in [0, 0.05) is 0 Å². The van der Waals surface area contributed by atoms with Crippen LogP contribution in [-0.2, 0) is 4.74 Å². The average molecular weight is 292 g/mol. The minimum Gasteiger partial charge on any atom is -0.496 e. The van der Waals surface area contributed by atoms with Crippen molar-refractivity contribution in [2.24, 2.45) is 0 Å². The van der Waals surface area contributed by atoms with Crippen molar-refractivity contribution in [1.29, 1.82) is 0 Å². The maximum absolute atomic E-state index is 5.41. The van der Waals surface area contributed by atoms with Crippen LogP contribution in [0.2, 0.25) is 0 Å². The summed E-state index contributed by atoms with van der Waals surface area (Å²) in [6.45, 7) is 2.96. The fourth-order valence-corrected chi connectivity index (χ4v) is 2.56. The van der Waals surface area contributed by atoms with E-state index in [0.29, 0.717) is 18.0 Å². The predicted molar refractivity (Wildman–Crippen MR) is 78.2 cm³/mol. The molecule has 20 heavy (non-hydrogen) atoms. The van der Waals surface area contributed by atoms with Crippen molar-refractivity contribution in [3.05, 3.63) is 29.0 Å². The number of aromatic nitrogens is 3. The first-order valence-corrected chi connectivity index (χ1v) is 6.86. The van der Waals surface area contributed by atoms with E-state index >= 15 is 0 Å². The zero-order valence-electron chi connectivity index (χ0n) is 11.2. The van der Waals surface area contributed by atoms with Crippen LogP contribution in [0.25, 0.3) is 11.4 Å². The number of hydrogen-bond acceptors (Lipinski definition) is 5. The van der Waals surface area contributed by atoms with Gasteiger partial charge < -0.3 is 14.5 Å². The summed E-state index contributed by atoms with van der Waals surface area (Å²) >= 11 is 5.35. The molecule has 3 rings (SSSR count). The highest BCUT2D eigenvalue weighted by atomic mass is 32.1. The fraction of sp³-hybridized carbons (Fsp3) is 0.385. The topological polar surface area (TPSA) is 55.3 Å². The smallest absolute Gasteiger partial charge is 0.214 e. The average Bonchev–Trinajstić information content (AvgIpc) is 2.89. The molecule has 0 aliphatic carbocycles. The van der Waals surface area contributed by atoms with Crippen LogP contribution in [0.5, 0.6) is 5.75 Å². The van der Waals surface area contributed by atoms with Gasteiger partial charge in [-0.2, -0.15) is 5.10 Å². The van der Waals surface area contributed by atoms with Crippen molar-refractivity contribution in [3.8, 4) is 17.1 Å². The highest BCUT2D eigenvalue weighted by Gasteiger charge is 2.19. The fourth-order valence-electron chi connectivity index (χ4n) is 2.31. The summed E-state index contributed by atoms with van der Waals surface area (Å²) in [6.07, 6.45) is 0. The van der Waals surface area contributed by atoms with Gasteiger partial charge in [-0.25, -0.2) is 9.77 Å². The number of hydrogen-bond donors (Lipinski definition) is 1. The summed E-state index contributed by atoms with van der Waals surface area (Å²) in [5.74, 6) is 1.53. The second kappa shape index (κ2) is 5.64. The van der Waals surface area contributed by atoms with Crippen LogP contribution in [0.15, 0.2) is 24.3 Å². The molecular weight excluding hydrogens is 276 g/mol. The number of rotatable bonds is 3. The molecule has 0 bridgehead atoms. The summed E-state index contributed by atoms with van der Waals surface area (Å²) in [5, 5.41) is 9.35. The van der Waals surface area contributed by atoms with E-state index in [1.54, 1.807) is 7.11 Å². The number of methoxy groups -OCH3 is 1. The molecule has 0 unspecified atom stereocenters. The molecule has 0 saturated carbocycles. The van der Waals surface area contributed by atoms with Crippen molar-refractivity contribution in [2.45, 2.75) is 0 Å². The molecule has 1 aromatic carbocycles. The molecular formula is C13H16N4O2S. The van der Waals surface area contributed by atoms with E-state index in [9.17, 15) is 0 Å². The summed E-state index contributed by atoms with van der Waals surface area (Å²) in [6, 6.07) is 7.78. The molecule has 0 atom stereocenters. The van der Waals surface area contributed by atoms with Crippen LogP contribution in [0.3, 0.4) is 0 Å². The number of morpholine rings is 1. The first kappa shape index (κ1) is 13.1. The van der Waals surface area contributed by atoms with E-state index in [0.717, 1.165) is 30.2 Å². The van der Waals surface area contributed by atoms with E-state index < -0.39 is 0 Å². The zero-order chi connectivity index (χ0) is 13.9. The van der Waals surface area contributed by atoms with Crippen LogP contribution in [0.1, 0.15) is 0 Å². The lowest BCUT2D eigenvalue weighted by atomic mass is 10.2. The van der Waals surface area contributed by atoms with Gasteiger partial charge in [-0.05, 0) is 24.4 Å². The maximum Gasteiger partial charge on any atom is 0.214 e. The Hall–Kier alpha value is -1.86. The molecule has 1 aliphatic rings. The zero-order valence-corrected chi connectivity index (χ0v) is 12.0. The molecule has 0 spiro atoms. The monoisotopic (exact) mass is 292 g/mol. The van der Waals surface area contributed by atoms with E-state index in [1.165, 1.54) is 0 Å². The van der Waals surface area contributed by atoms with Crippen molar-refractivity contribution < 1.29 is 9.47 Å². The second-order valence-electron chi connectivity index (χ2n) is 4.43. The molecule has 1 aliphatic heterocycles. The minimum atomic E-state index is 0.577. The molecule has 1 fully saturated rings. The summed E-state index contributed by atoms with van der Waals surface area (Å²) in [4.78, 5) is 0. The van der Waals surface area contributed by atoms with Crippen molar-refractivity contribution in [2.75, 3.05) is 38.4 Å². The SMILES string of the molecule is COc1ccccc1-c1n[nH]c(=S)n1N1CCOCC1. The van der Waals surface area contributed by atoms with Crippen LogP contribution >= 0.6 is 12.2 Å². The largest absolute Gasteiger partial charge is 0.496 e. The van der Waals surface area contributed by atoms with Crippen molar-refractivity contribution in [3.63, 3.8) is 0 Å². The van der Waals surface area contributed by atoms with Crippen LogP contribution in [0.4, 0.5) is 0 Å². The lowest BCUT2D eigenvalue weighted by Crippen LogP contribution is -2.44. The summed E-state index contributed by atoms with van der Waals surface area (Å²) in [5.41, 5.74) is 0.911. The number of nitrogens with zero attached hydrogens (tertiary/aromatic N) is 3. The number of aromatic amines is 1. The molecule has 1 saturated heterocycles. The summed E-state index contributed by atoms with van der Waals surface area (Å²) in [7, 11) is 1.65. The van der Waals surface area contributed by atoms with Gasteiger partial charge in [0.15, 0.2) is 5.82 Å². The van der Waals surface area contributed by atoms with Gasteiger partial charge >= 0.3 is 0 Å². The van der Waals surface area contributed by atoms with Gasteiger partial charge in [0.25, 0.3) is 0 Å². The van der Waals surface area contributed by atoms with Gasteiger partial charge in [-0.15, -0.1) is 0 Å². The van der Waals surface area contributed by atoms with E-state index in [1.807, 2.05) is 28.9 Å². The van der Waals surface area contributed by atoms with Gasteiger partial charge in [-0.3, -0.25) is 0 Å². The van der Waals surface area contributed by atoms with E-state index in [2.05, 4.69) is 15.2 Å². The number of ether oxygens (including phenoxy) is 2. The van der Waals surface area contributed by atoms with Crippen molar-refractivity contribution in [1.82, 2.24) is 14.9 Å². The number of H-pyrrole nitrogens is 1. The van der Waals surface area contributed by atoms with Gasteiger partial charge in [0.05, 0.1) is 39.0 Å². The van der Waals surface area contributed by atoms with Crippen LogP contribution < -0.4 is 9.75 Å². The molecule has 106 valence electrons. The Morgan fingerprint density at radius 1 is 1.30 bits per heavy atom. The highest BCUT2D eigenvalue weighted by Crippen LogP contribution is 2.28. The van der Waals surface area contributed by atoms with E-state index in [-0.39, 0.29) is 0 Å². The third-order valence-corrected chi connectivity index (χ3v) is 3.53. The van der Waals surface area contributed by atoms with Gasteiger partial charge in [0.1, 0.15) is 5.75 Å². The molecule has 1 aromatic heterocycles. The van der Waals surface area contributed by atoms with Crippen LogP contribution in [-0.4, -0.2) is 48.3 Å². The quantitative estimate of drug-likeness (QED) is 0.871. The minimum absolute atomic E-state index is 0.577.